The lowest BCUT2D eigenvalue weighted by Gasteiger charge is -2.13. The molecule has 0 aliphatic rings. The molecule has 0 fully saturated rings. The highest BCUT2D eigenvalue weighted by Crippen LogP contribution is 2.36. The highest BCUT2D eigenvalue weighted by molar-refractivity contribution is 6.05. The second kappa shape index (κ2) is 11.2. The molecule has 0 bridgehead atoms. The zero-order chi connectivity index (χ0) is 29.2. The molecule has 7 rings (SSSR count). The molecule has 1 aromatic heterocycles. The highest BCUT2D eigenvalue weighted by atomic mass is 15.0. The minimum absolute atomic E-state index is 0.663. The molecule has 0 aliphatic heterocycles. The Kier molecular flexibility index (Phi) is 6.75. The summed E-state index contributed by atoms with van der Waals surface area (Å²) < 4.78 is 0. The van der Waals surface area contributed by atoms with Crippen LogP contribution >= 0.6 is 0 Å². The van der Waals surface area contributed by atoms with Gasteiger partial charge in [0.25, 0.3) is 0 Å². The van der Waals surface area contributed by atoms with Gasteiger partial charge in [-0.1, -0.05) is 121 Å². The Hall–Kier alpha value is -5.92. The van der Waals surface area contributed by atoms with Crippen LogP contribution in [0.4, 0.5) is 0 Å². The summed E-state index contributed by atoms with van der Waals surface area (Å²) in [7, 11) is 0. The average molecular weight is 551 g/mol. The number of nitriles is 1. The van der Waals surface area contributed by atoms with E-state index in [0.717, 1.165) is 38.9 Å². The van der Waals surface area contributed by atoms with Crippen LogP contribution in [0.1, 0.15) is 11.4 Å². The molecule has 4 nitrogen and oxygen atoms in total. The number of hydrogen-bond donors (Lipinski definition) is 0. The van der Waals surface area contributed by atoms with Gasteiger partial charge in [-0.3, -0.25) is 0 Å². The van der Waals surface area contributed by atoms with Crippen LogP contribution in [-0.2, 0) is 0 Å². The van der Waals surface area contributed by atoms with Crippen LogP contribution in [-0.4, -0.2) is 15.0 Å². The Balaban J connectivity index is 1.22. The number of hydrogen-bond acceptors (Lipinski definition) is 4. The molecule has 0 spiro atoms. The summed E-state index contributed by atoms with van der Waals surface area (Å²) in [5.74, 6) is 2.03. The molecular weight excluding hydrogens is 524 g/mol. The fraction of sp³-hybridized carbons (Fsp3) is 0.0256. The Morgan fingerprint density at radius 3 is 1.58 bits per heavy atom. The molecule has 0 aliphatic carbocycles. The van der Waals surface area contributed by atoms with E-state index in [1.54, 1.807) is 0 Å². The maximum Gasteiger partial charge on any atom is 0.163 e. The minimum atomic E-state index is 0.663. The van der Waals surface area contributed by atoms with E-state index in [4.69, 9.17) is 4.98 Å². The molecule has 0 atom stereocenters. The van der Waals surface area contributed by atoms with Crippen molar-refractivity contribution >= 4 is 10.8 Å². The number of rotatable bonds is 5. The van der Waals surface area contributed by atoms with E-state index in [2.05, 4.69) is 94.9 Å². The molecule has 4 heteroatoms. The standard InChI is InChI=1S/C39H26N4/c1-26-41-38(31-8-3-2-4-9-31)43-39(42-26)33-11-7-10-32(24-33)28-18-20-30(21-19-28)35-23-22-34(36-12-5-6-13-37(35)36)29-16-14-27(25-40)15-17-29/h2-24H,1H3. The van der Waals surface area contributed by atoms with Crippen LogP contribution in [0.25, 0.3) is 66.9 Å². The van der Waals surface area contributed by atoms with Gasteiger partial charge >= 0.3 is 0 Å². The molecule has 0 saturated carbocycles. The van der Waals surface area contributed by atoms with Gasteiger partial charge in [0, 0.05) is 11.1 Å². The fourth-order valence-electron chi connectivity index (χ4n) is 5.53. The maximum absolute atomic E-state index is 9.19. The predicted octanol–water partition coefficient (Wildman–Crippen LogP) is 9.54. The van der Waals surface area contributed by atoms with Gasteiger partial charge in [-0.2, -0.15) is 5.26 Å². The first kappa shape index (κ1) is 26.0. The van der Waals surface area contributed by atoms with E-state index in [0.29, 0.717) is 23.0 Å². The van der Waals surface area contributed by atoms with Gasteiger partial charge in [0.2, 0.25) is 0 Å². The van der Waals surface area contributed by atoms with Crippen molar-refractivity contribution in [1.29, 1.82) is 5.26 Å². The van der Waals surface area contributed by atoms with E-state index in [-0.39, 0.29) is 0 Å². The van der Waals surface area contributed by atoms with Crippen molar-refractivity contribution in [2.75, 3.05) is 0 Å². The third-order valence-corrected chi connectivity index (χ3v) is 7.68. The van der Waals surface area contributed by atoms with Crippen LogP contribution in [0, 0.1) is 18.3 Å². The summed E-state index contributed by atoms with van der Waals surface area (Å²) in [6.07, 6.45) is 0. The fourth-order valence-corrected chi connectivity index (χ4v) is 5.53. The zero-order valence-electron chi connectivity index (χ0n) is 23.6. The predicted molar refractivity (Wildman–Crippen MR) is 174 cm³/mol. The molecule has 0 amide bonds. The molecule has 0 radical (unpaired) electrons. The largest absolute Gasteiger partial charge is 0.213 e. The van der Waals surface area contributed by atoms with Gasteiger partial charge in [-0.05, 0) is 69.3 Å². The molecule has 202 valence electrons. The van der Waals surface area contributed by atoms with Gasteiger partial charge < -0.3 is 0 Å². The van der Waals surface area contributed by atoms with Gasteiger partial charge in [0.1, 0.15) is 5.82 Å². The third kappa shape index (κ3) is 5.16. The van der Waals surface area contributed by atoms with Crippen LogP contribution in [0.2, 0.25) is 0 Å². The summed E-state index contributed by atoms with van der Waals surface area (Å²) >= 11 is 0. The van der Waals surface area contributed by atoms with Crippen molar-refractivity contribution in [3.63, 3.8) is 0 Å². The summed E-state index contributed by atoms with van der Waals surface area (Å²) in [4.78, 5) is 14.0. The molecular formula is C39H26N4. The molecule has 43 heavy (non-hydrogen) atoms. The maximum atomic E-state index is 9.19. The van der Waals surface area contributed by atoms with Gasteiger partial charge in [0.15, 0.2) is 11.6 Å². The summed E-state index contributed by atoms with van der Waals surface area (Å²) in [5, 5.41) is 11.6. The zero-order valence-corrected chi connectivity index (χ0v) is 23.6. The van der Waals surface area contributed by atoms with E-state index >= 15 is 0 Å². The Morgan fingerprint density at radius 2 is 0.953 bits per heavy atom. The van der Waals surface area contributed by atoms with E-state index in [9.17, 15) is 5.26 Å². The monoisotopic (exact) mass is 550 g/mol. The van der Waals surface area contributed by atoms with Crippen molar-refractivity contribution in [1.82, 2.24) is 15.0 Å². The first-order valence-electron chi connectivity index (χ1n) is 14.2. The molecule has 0 N–H and O–H groups in total. The Labute approximate surface area is 250 Å². The number of benzene rings is 6. The Bertz CT molecular complexity index is 2130. The molecule has 0 unspecified atom stereocenters. The SMILES string of the molecule is Cc1nc(-c2ccccc2)nc(-c2cccc(-c3ccc(-c4ccc(-c5ccc(C#N)cc5)c5ccccc45)cc3)c2)n1. The number of aryl methyl sites for hydroxylation is 1. The second-order valence-corrected chi connectivity index (χ2v) is 10.4. The highest BCUT2D eigenvalue weighted by Gasteiger charge is 2.12. The number of nitrogens with zero attached hydrogens (tertiary/aromatic N) is 4. The lowest BCUT2D eigenvalue weighted by molar-refractivity contribution is 0.992. The van der Waals surface area contributed by atoms with Crippen LogP contribution < -0.4 is 0 Å². The van der Waals surface area contributed by atoms with Gasteiger partial charge in [-0.25, -0.2) is 15.0 Å². The van der Waals surface area contributed by atoms with Crippen molar-refractivity contribution in [3.8, 4) is 62.2 Å². The molecule has 7 aromatic rings. The lowest BCUT2D eigenvalue weighted by Crippen LogP contribution is -1.99. The summed E-state index contributed by atoms with van der Waals surface area (Å²) in [5.41, 5.74) is 9.40. The van der Waals surface area contributed by atoms with Crippen LogP contribution in [0.3, 0.4) is 0 Å². The van der Waals surface area contributed by atoms with Gasteiger partial charge in [-0.15, -0.1) is 0 Å². The first-order chi connectivity index (χ1) is 21.2. The van der Waals surface area contributed by atoms with Crippen molar-refractivity contribution in [2.45, 2.75) is 6.92 Å². The van der Waals surface area contributed by atoms with E-state index in [1.165, 1.54) is 16.3 Å². The second-order valence-electron chi connectivity index (χ2n) is 10.4. The molecule has 6 aromatic carbocycles. The molecule has 0 saturated heterocycles. The summed E-state index contributed by atoms with van der Waals surface area (Å²) in [6.45, 7) is 1.90. The smallest absolute Gasteiger partial charge is 0.163 e. The summed E-state index contributed by atoms with van der Waals surface area (Å²) in [6, 6.07) is 49.9. The van der Waals surface area contributed by atoms with E-state index < -0.39 is 0 Å². The van der Waals surface area contributed by atoms with E-state index in [1.807, 2.05) is 67.6 Å². The quantitative estimate of drug-likeness (QED) is 0.214. The number of fused-ring (bicyclic) bond motifs is 1. The van der Waals surface area contributed by atoms with Gasteiger partial charge in [0.05, 0.1) is 11.6 Å². The van der Waals surface area contributed by atoms with Crippen molar-refractivity contribution < 1.29 is 0 Å². The van der Waals surface area contributed by atoms with Crippen LogP contribution in [0.5, 0.6) is 0 Å². The lowest BCUT2D eigenvalue weighted by atomic mass is 9.91. The normalized spacial score (nSPS) is 10.9. The van der Waals surface area contributed by atoms with Crippen molar-refractivity contribution in [3.05, 3.63) is 151 Å². The van der Waals surface area contributed by atoms with Crippen molar-refractivity contribution in [2.24, 2.45) is 0 Å². The van der Waals surface area contributed by atoms with Crippen LogP contribution in [0.15, 0.2) is 140 Å². The number of aromatic nitrogens is 3. The topological polar surface area (TPSA) is 62.5 Å². The minimum Gasteiger partial charge on any atom is -0.213 e. The molecule has 1 heterocycles. The Morgan fingerprint density at radius 1 is 0.442 bits per heavy atom. The average Bonchev–Trinajstić information content (AvgIpc) is 3.08. The third-order valence-electron chi connectivity index (χ3n) is 7.68. The first-order valence-corrected chi connectivity index (χ1v) is 14.2.